The van der Waals surface area contributed by atoms with Crippen molar-refractivity contribution >= 4 is 23.5 Å². The van der Waals surface area contributed by atoms with Crippen molar-refractivity contribution in [1.29, 1.82) is 0 Å². The van der Waals surface area contributed by atoms with Crippen LogP contribution in [0.2, 0.25) is 0 Å². The Kier molecular flexibility index (Phi) is 4.74. The highest BCUT2D eigenvalue weighted by atomic mass is 19.1. The molecule has 1 aromatic rings. The highest BCUT2D eigenvalue weighted by Crippen LogP contribution is 2.36. The predicted octanol–water partition coefficient (Wildman–Crippen LogP) is 2.66. The summed E-state index contributed by atoms with van der Waals surface area (Å²) in [5, 5.41) is 5.28. The van der Waals surface area contributed by atoms with E-state index in [2.05, 4.69) is 10.6 Å². The van der Waals surface area contributed by atoms with E-state index in [-0.39, 0.29) is 24.1 Å². The number of nitrogens with zero attached hydrogens (tertiary/aromatic N) is 1. The minimum absolute atomic E-state index is 0.0916. The molecule has 0 aromatic heterocycles. The Morgan fingerprint density at radius 1 is 1.32 bits per heavy atom. The molecule has 2 aliphatic rings. The molecule has 3 rings (SSSR count). The standard InChI is InChI=1S/C18H22FN3O3/c1-18(12-6-3-2-4-7-12)16(24)22(17(25)21-18)11-15(23)20-14-9-5-8-13(19)10-14/h5,8-10,12H,2-4,6-7,11H2,1H3,(H,20,23)(H,21,25)/t18-/m0/s1. The topological polar surface area (TPSA) is 78.5 Å². The Hall–Kier alpha value is -2.44. The summed E-state index contributed by atoms with van der Waals surface area (Å²) in [5.74, 6) is -1.28. The Morgan fingerprint density at radius 3 is 2.72 bits per heavy atom. The number of nitrogens with one attached hydrogen (secondary N) is 2. The summed E-state index contributed by atoms with van der Waals surface area (Å²) in [7, 11) is 0. The molecule has 1 aliphatic carbocycles. The van der Waals surface area contributed by atoms with Crippen LogP contribution >= 0.6 is 0 Å². The maximum Gasteiger partial charge on any atom is 0.325 e. The third-order valence-corrected chi connectivity index (χ3v) is 5.13. The Balaban J connectivity index is 1.67. The summed E-state index contributed by atoms with van der Waals surface area (Å²) in [5.41, 5.74) is -0.663. The summed E-state index contributed by atoms with van der Waals surface area (Å²) in [6, 6.07) is 4.91. The van der Waals surface area contributed by atoms with Crippen LogP contribution in [-0.2, 0) is 9.59 Å². The molecule has 2 N–H and O–H groups in total. The molecule has 0 bridgehead atoms. The van der Waals surface area contributed by atoms with E-state index in [1.165, 1.54) is 18.2 Å². The molecule has 0 radical (unpaired) electrons. The zero-order valence-corrected chi connectivity index (χ0v) is 14.2. The normalized spacial score (nSPS) is 24.3. The average Bonchev–Trinajstić information content (AvgIpc) is 2.80. The number of carbonyl (C=O) groups excluding carboxylic acids is 3. The molecule has 1 aliphatic heterocycles. The number of anilines is 1. The molecule has 2 fully saturated rings. The van der Waals surface area contributed by atoms with Crippen LogP contribution in [0.1, 0.15) is 39.0 Å². The first-order chi connectivity index (χ1) is 11.9. The summed E-state index contributed by atoms with van der Waals surface area (Å²) in [4.78, 5) is 38.1. The Labute approximate surface area is 145 Å². The first-order valence-corrected chi connectivity index (χ1v) is 8.59. The van der Waals surface area contributed by atoms with Gasteiger partial charge in [-0.05, 0) is 43.9 Å². The van der Waals surface area contributed by atoms with E-state index >= 15 is 0 Å². The van der Waals surface area contributed by atoms with Gasteiger partial charge in [0, 0.05) is 5.69 Å². The number of hydrogen-bond acceptors (Lipinski definition) is 3. The molecule has 6 nitrogen and oxygen atoms in total. The van der Waals surface area contributed by atoms with Crippen LogP contribution in [0.5, 0.6) is 0 Å². The highest BCUT2D eigenvalue weighted by Gasteiger charge is 2.52. The van der Waals surface area contributed by atoms with Crippen molar-refractivity contribution < 1.29 is 18.8 Å². The molecule has 7 heteroatoms. The largest absolute Gasteiger partial charge is 0.325 e. The van der Waals surface area contributed by atoms with Crippen molar-refractivity contribution in [2.75, 3.05) is 11.9 Å². The molecule has 25 heavy (non-hydrogen) atoms. The van der Waals surface area contributed by atoms with Crippen molar-refractivity contribution in [3.8, 4) is 0 Å². The fourth-order valence-corrected chi connectivity index (χ4v) is 3.73. The summed E-state index contributed by atoms with van der Waals surface area (Å²) < 4.78 is 13.2. The van der Waals surface area contributed by atoms with Gasteiger partial charge in [-0.1, -0.05) is 25.3 Å². The Morgan fingerprint density at radius 2 is 2.04 bits per heavy atom. The second kappa shape index (κ2) is 6.82. The number of urea groups is 1. The van der Waals surface area contributed by atoms with E-state index < -0.39 is 23.3 Å². The van der Waals surface area contributed by atoms with Gasteiger partial charge in [-0.15, -0.1) is 0 Å². The van der Waals surface area contributed by atoms with Gasteiger partial charge in [0.2, 0.25) is 5.91 Å². The fourth-order valence-electron chi connectivity index (χ4n) is 3.73. The minimum Gasteiger partial charge on any atom is -0.324 e. The van der Waals surface area contributed by atoms with Crippen molar-refractivity contribution in [2.24, 2.45) is 5.92 Å². The van der Waals surface area contributed by atoms with Gasteiger partial charge in [0.25, 0.3) is 5.91 Å². The van der Waals surface area contributed by atoms with Crippen LogP contribution in [0.4, 0.5) is 14.9 Å². The van der Waals surface area contributed by atoms with Gasteiger partial charge in [-0.2, -0.15) is 0 Å². The van der Waals surface area contributed by atoms with Gasteiger partial charge < -0.3 is 10.6 Å². The van der Waals surface area contributed by atoms with Crippen LogP contribution in [0.15, 0.2) is 24.3 Å². The Bertz CT molecular complexity index is 703. The molecule has 0 spiro atoms. The maximum atomic E-state index is 13.2. The number of imide groups is 1. The van der Waals surface area contributed by atoms with Crippen molar-refractivity contribution in [3.05, 3.63) is 30.1 Å². The maximum absolute atomic E-state index is 13.2. The van der Waals surface area contributed by atoms with Crippen molar-refractivity contribution in [3.63, 3.8) is 0 Å². The summed E-state index contributed by atoms with van der Waals surface area (Å²) in [6.07, 6.45) is 5.03. The molecular formula is C18H22FN3O3. The van der Waals surface area contributed by atoms with Crippen molar-refractivity contribution in [1.82, 2.24) is 10.2 Å². The first-order valence-electron chi connectivity index (χ1n) is 8.59. The fraction of sp³-hybridized carbons (Fsp3) is 0.500. The lowest BCUT2D eigenvalue weighted by Gasteiger charge is -2.34. The van der Waals surface area contributed by atoms with Gasteiger partial charge in [0.05, 0.1) is 0 Å². The zero-order valence-electron chi connectivity index (χ0n) is 14.2. The SMILES string of the molecule is C[C@@]1(C2CCCCC2)NC(=O)N(CC(=O)Nc2cccc(F)c2)C1=O. The third-order valence-electron chi connectivity index (χ3n) is 5.13. The highest BCUT2D eigenvalue weighted by molar-refractivity contribution is 6.10. The average molecular weight is 347 g/mol. The number of carbonyl (C=O) groups is 3. The molecule has 1 saturated heterocycles. The van der Waals surface area contributed by atoms with E-state index in [0.717, 1.165) is 37.0 Å². The van der Waals surface area contributed by atoms with E-state index in [9.17, 15) is 18.8 Å². The molecule has 1 saturated carbocycles. The predicted molar refractivity (Wildman–Crippen MR) is 90.3 cm³/mol. The summed E-state index contributed by atoms with van der Waals surface area (Å²) in [6.45, 7) is 1.36. The number of hydrogen-bond donors (Lipinski definition) is 2. The van der Waals surface area contributed by atoms with Crippen LogP contribution in [0.3, 0.4) is 0 Å². The number of halogens is 1. The molecule has 4 amide bonds. The summed E-state index contributed by atoms with van der Waals surface area (Å²) >= 11 is 0. The van der Waals surface area contributed by atoms with E-state index in [4.69, 9.17) is 0 Å². The van der Waals surface area contributed by atoms with Crippen molar-refractivity contribution in [2.45, 2.75) is 44.6 Å². The van der Waals surface area contributed by atoms with Gasteiger partial charge in [0.15, 0.2) is 0 Å². The van der Waals surface area contributed by atoms with E-state index in [1.807, 2.05) is 0 Å². The molecule has 1 atom stereocenters. The number of rotatable bonds is 4. The first kappa shape index (κ1) is 17.4. The molecule has 1 aromatic carbocycles. The van der Waals surface area contributed by atoms with Gasteiger partial charge in [-0.25, -0.2) is 9.18 Å². The molecule has 0 unspecified atom stereocenters. The van der Waals surface area contributed by atoms with Crippen LogP contribution in [0.25, 0.3) is 0 Å². The van der Waals surface area contributed by atoms with Crippen LogP contribution in [-0.4, -0.2) is 34.8 Å². The van der Waals surface area contributed by atoms with Gasteiger partial charge in [0.1, 0.15) is 17.9 Å². The van der Waals surface area contributed by atoms with Crippen LogP contribution < -0.4 is 10.6 Å². The zero-order chi connectivity index (χ0) is 18.0. The minimum atomic E-state index is -0.948. The molecular weight excluding hydrogens is 325 g/mol. The number of benzene rings is 1. The quantitative estimate of drug-likeness (QED) is 0.822. The van der Waals surface area contributed by atoms with E-state index in [0.29, 0.717) is 0 Å². The molecule has 1 heterocycles. The second-order valence-corrected chi connectivity index (χ2v) is 6.92. The second-order valence-electron chi connectivity index (χ2n) is 6.92. The molecule has 134 valence electrons. The van der Waals surface area contributed by atoms with E-state index in [1.54, 1.807) is 13.0 Å². The third kappa shape index (κ3) is 3.50. The van der Waals surface area contributed by atoms with Gasteiger partial charge >= 0.3 is 6.03 Å². The lowest BCUT2D eigenvalue weighted by molar-refractivity contribution is -0.135. The number of amides is 4. The smallest absolute Gasteiger partial charge is 0.324 e. The van der Waals surface area contributed by atoms with Crippen LogP contribution in [0, 0.1) is 11.7 Å². The lowest BCUT2D eigenvalue weighted by Crippen LogP contribution is -2.51. The monoisotopic (exact) mass is 347 g/mol. The van der Waals surface area contributed by atoms with Gasteiger partial charge in [-0.3, -0.25) is 14.5 Å². The lowest BCUT2D eigenvalue weighted by atomic mass is 9.75.